The third-order valence-corrected chi connectivity index (χ3v) is 5.82. The molecule has 0 bridgehead atoms. The highest BCUT2D eigenvalue weighted by atomic mass is 19.4. The van der Waals surface area contributed by atoms with E-state index < -0.39 is 11.7 Å². The number of anilines is 4. The molecule has 11 heteroatoms. The maximum absolute atomic E-state index is 13.9. The van der Waals surface area contributed by atoms with Crippen LogP contribution < -0.4 is 20.7 Å². The topological polar surface area (TPSA) is 95.3 Å². The summed E-state index contributed by atoms with van der Waals surface area (Å²) in [7, 11) is 7.44. The molecule has 0 radical (unpaired) electrons. The average molecular weight is 500 g/mol. The highest BCUT2D eigenvalue weighted by Crippen LogP contribution is 2.40. The zero-order valence-electron chi connectivity index (χ0n) is 20.4. The van der Waals surface area contributed by atoms with Gasteiger partial charge in [-0.2, -0.15) is 13.2 Å². The van der Waals surface area contributed by atoms with Crippen molar-refractivity contribution in [1.82, 2.24) is 19.9 Å². The van der Waals surface area contributed by atoms with Gasteiger partial charge in [0.05, 0.1) is 29.7 Å². The van der Waals surface area contributed by atoms with Crippen molar-refractivity contribution in [1.29, 1.82) is 0 Å². The molecule has 0 saturated carbocycles. The SMILES string of the molecule is COc1cccc2c(-c3nc(Nc4ccc(N(C)CCN(C)C)c(N)c4)ncc3C(F)(F)F)c[nH]c12. The van der Waals surface area contributed by atoms with Gasteiger partial charge >= 0.3 is 6.18 Å². The summed E-state index contributed by atoms with van der Waals surface area (Å²) >= 11 is 0. The molecule has 0 atom stereocenters. The van der Waals surface area contributed by atoms with Crippen LogP contribution >= 0.6 is 0 Å². The van der Waals surface area contributed by atoms with Crippen LogP contribution in [0, 0.1) is 0 Å². The van der Waals surface area contributed by atoms with E-state index in [1.165, 1.54) is 13.3 Å². The van der Waals surface area contributed by atoms with E-state index in [2.05, 4.69) is 25.2 Å². The number of nitrogens with two attached hydrogens (primary N) is 1. The lowest BCUT2D eigenvalue weighted by Crippen LogP contribution is -2.28. The molecule has 0 spiro atoms. The zero-order valence-corrected chi connectivity index (χ0v) is 20.4. The number of nitrogens with one attached hydrogen (secondary N) is 2. The van der Waals surface area contributed by atoms with Gasteiger partial charge in [-0.1, -0.05) is 12.1 Å². The highest BCUT2D eigenvalue weighted by molar-refractivity contribution is 5.98. The second kappa shape index (κ2) is 9.94. The minimum atomic E-state index is -4.64. The molecule has 4 N–H and O–H groups in total. The first-order valence-electron chi connectivity index (χ1n) is 11.2. The van der Waals surface area contributed by atoms with Gasteiger partial charge in [-0.15, -0.1) is 0 Å². The lowest BCUT2D eigenvalue weighted by molar-refractivity contribution is -0.137. The molecule has 0 aliphatic heterocycles. The third kappa shape index (κ3) is 5.15. The van der Waals surface area contributed by atoms with Crippen molar-refractivity contribution in [3.8, 4) is 17.0 Å². The van der Waals surface area contributed by atoms with E-state index in [0.29, 0.717) is 33.6 Å². The van der Waals surface area contributed by atoms with E-state index in [4.69, 9.17) is 10.5 Å². The smallest absolute Gasteiger partial charge is 0.419 e. The normalized spacial score (nSPS) is 11.8. The van der Waals surface area contributed by atoms with E-state index >= 15 is 0 Å². The lowest BCUT2D eigenvalue weighted by Gasteiger charge is -2.23. The van der Waals surface area contributed by atoms with Crippen molar-refractivity contribution in [2.45, 2.75) is 6.18 Å². The maximum atomic E-state index is 13.9. The first kappa shape index (κ1) is 25.1. The maximum Gasteiger partial charge on any atom is 0.419 e. The summed E-state index contributed by atoms with van der Waals surface area (Å²) in [5, 5.41) is 3.54. The minimum absolute atomic E-state index is 0.0170. The molecule has 0 saturated heterocycles. The molecule has 2 aromatic carbocycles. The second-order valence-corrected chi connectivity index (χ2v) is 8.66. The van der Waals surface area contributed by atoms with E-state index in [0.717, 1.165) is 25.0 Å². The molecule has 0 amide bonds. The van der Waals surface area contributed by atoms with Crippen molar-refractivity contribution >= 4 is 33.9 Å². The lowest BCUT2D eigenvalue weighted by atomic mass is 10.1. The van der Waals surface area contributed by atoms with Crippen LogP contribution in [-0.2, 0) is 6.18 Å². The summed E-state index contributed by atoms with van der Waals surface area (Å²) in [6.07, 6.45) is -2.36. The summed E-state index contributed by atoms with van der Waals surface area (Å²) < 4.78 is 46.9. The number of likely N-dealkylation sites (N-methyl/N-ethyl adjacent to an activating group) is 2. The fraction of sp³-hybridized carbons (Fsp3) is 0.280. The molecular formula is C25H28F3N7O. The van der Waals surface area contributed by atoms with Crippen molar-refractivity contribution in [3.05, 3.63) is 54.4 Å². The summed E-state index contributed by atoms with van der Waals surface area (Å²) in [5.74, 6) is 0.536. The monoisotopic (exact) mass is 499 g/mol. The number of para-hydroxylation sites is 1. The van der Waals surface area contributed by atoms with Crippen LogP contribution in [0.3, 0.4) is 0 Å². The molecule has 2 aromatic heterocycles. The van der Waals surface area contributed by atoms with E-state index in [1.807, 2.05) is 32.1 Å². The van der Waals surface area contributed by atoms with Crippen molar-refractivity contribution in [2.24, 2.45) is 0 Å². The highest BCUT2D eigenvalue weighted by Gasteiger charge is 2.36. The number of ether oxygens (including phenoxy) is 1. The number of rotatable bonds is 8. The van der Waals surface area contributed by atoms with Crippen molar-refractivity contribution < 1.29 is 17.9 Å². The first-order valence-corrected chi connectivity index (χ1v) is 11.2. The average Bonchev–Trinajstić information content (AvgIpc) is 3.26. The molecule has 0 fully saturated rings. The van der Waals surface area contributed by atoms with Gasteiger partial charge in [0, 0.05) is 49.2 Å². The van der Waals surface area contributed by atoms with Crippen molar-refractivity contribution in [3.63, 3.8) is 0 Å². The largest absolute Gasteiger partial charge is 0.495 e. The van der Waals surface area contributed by atoms with Gasteiger partial charge in [0.25, 0.3) is 0 Å². The number of H-pyrrole nitrogens is 1. The van der Waals surface area contributed by atoms with Crippen LogP contribution in [0.5, 0.6) is 5.75 Å². The summed E-state index contributed by atoms with van der Waals surface area (Å²) in [5.41, 5.74) is 7.89. The number of hydrogen-bond acceptors (Lipinski definition) is 7. The van der Waals surface area contributed by atoms with E-state index in [1.54, 1.807) is 30.3 Å². The molecule has 0 aliphatic rings. The third-order valence-electron chi connectivity index (χ3n) is 5.82. The number of nitrogens with zero attached hydrogens (tertiary/aromatic N) is 4. The van der Waals surface area contributed by atoms with Crippen LogP contribution in [0.2, 0.25) is 0 Å². The summed E-state index contributed by atoms with van der Waals surface area (Å²) in [6, 6.07) is 10.5. The van der Waals surface area contributed by atoms with Gasteiger partial charge in [-0.05, 0) is 38.4 Å². The van der Waals surface area contributed by atoms with Crippen LogP contribution in [0.25, 0.3) is 22.2 Å². The molecule has 0 unspecified atom stereocenters. The number of aromatic nitrogens is 3. The number of hydrogen-bond donors (Lipinski definition) is 3. The predicted molar refractivity (Wildman–Crippen MR) is 137 cm³/mol. The Labute approximate surface area is 206 Å². The quantitative estimate of drug-likeness (QED) is 0.295. The summed E-state index contributed by atoms with van der Waals surface area (Å²) in [6.45, 7) is 1.64. The van der Waals surface area contributed by atoms with Crippen LogP contribution in [-0.4, -0.2) is 61.2 Å². The molecule has 8 nitrogen and oxygen atoms in total. The van der Waals surface area contributed by atoms with Gasteiger partial charge in [0.2, 0.25) is 5.95 Å². The number of halogens is 3. The standard InChI is InChI=1S/C25H28F3N7O/c1-34(2)10-11-35(3)20-9-8-15(12-19(20)29)32-24-31-14-18(25(26,27)28)22(33-24)17-13-30-23-16(17)6-5-7-21(23)36-4/h5-9,12-14,30H,10-11,29H2,1-4H3,(H,31,32,33). The first-order chi connectivity index (χ1) is 17.1. The summed E-state index contributed by atoms with van der Waals surface area (Å²) in [4.78, 5) is 15.3. The van der Waals surface area contributed by atoms with Gasteiger partial charge in [0.15, 0.2) is 0 Å². The molecule has 4 rings (SSSR count). The van der Waals surface area contributed by atoms with Crippen LogP contribution in [0.1, 0.15) is 5.56 Å². The Bertz CT molecular complexity index is 1370. The Balaban J connectivity index is 1.69. The number of aromatic amines is 1. The molecule has 36 heavy (non-hydrogen) atoms. The number of alkyl halides is 3. The van der Waals surface area contributed by atoms with E-state index in [9.17, 15) is 13.2 Å². The molecule has 4 aromatic rings. The molecule has 2 heterocycles. The van der Waals surface area contributed by atoms with Gasteiger partial charge in [-0.25, -0.2) is 9.97 Å². The van der Waals surface area contributed by atoms with Gasteiger partial charge in [-0.3, -0.25) is 0 Å². The number of nitrogen functional groups attached to an aromatic ring is 1. The fourth-order valence-electron chi connectivity index (χ4n) is 3.93. The zero-order chi connectivity index (χ0) is 26.0. The number of benzene rings is 2. The Morgan fingerprint density at radius 1 is 1.11 bits per heavy atom. The molecule has 190 valence electrons. The van der Waals surface area contributed by atoms with Crippen LogP contribution in [0.4, 0.5) is 36.2 Å². The predicted octanol–water partition coefficient (Wildman–Crippen LogP) is 4.98. The van der Waals surface area contributed by atoms with Gasteiger partial charge in [0.1, 0.15) is 11.3 Å². The Hall–Kier alpha value is -3.99. The molecule has 0 aliphatic carbocycles. The molecular weight excluding hydrogens is 471 g/mol. The fourth-order valence-corrected chi connectivity index (χ4v) is 3.93. The Morgan fingerprint density at radius 3 is 2.56 bits per heavy atom. The Morgan fingerprint density at radius 2 is 1.89 bits per heavy atom. The minimum Gasteiger partial charge on any atom is -0.495 e. The number of methoxy groups -OCH3 is 1. The van der Waals surface area contributed by atoms with Gasteiger partial charge < -0.3 is 30.6 Å². The second-order valence-electron chi connectivity index (χ2n) is 8.66. The van der Waals surface area contributed by atoms with E-state index in [-0.39, 0.29) is 11.6 Å². The number of fused-ring (bicyclic) bond motifs is 1. The Kier molecular flexibility index (Phi) is 6.93. The van der Waals surface area contributed by atoms with Crippen LogP contribution in [0.15, 0.2) is 48.8 Å². The van der Waals surface area contributed by atoms with Crippen molar-refractivity contribution in [2.75, 3.05) is 57.3 Å².